The largest absolute Gasteiger partial charge is 0.309 e. The summed E-state index contributed by atoms with van der Waals surface area (Å²) in [6.45, 7) is 0. The number of rotatable bonds is 5. The molecule has 0 spiro atoms. The summed E-state index contributed by atoms with van der Waals surface area (Å²) in [7, 11) is 0. The maximum absolute atomic E-state index is 3.84. The van der Waals surface area contributed by atoms with Crippen LogP contribution in [0.3, 0.4) is 0 Å². The highest BCUT2D eigenvalue weighted by Gasteiger charge is 2.46. The third-order valence-corrected chi connectivity index (χ3v) is 12.4. The molecule has 258 valence electrons. The normalized spacial score (nSPS) is 13.0. The molecule has 10 aromatic rings. The Kier molecular flexibility index (Phi) is 7.30. The fourth-order valence-electron chi connectivity index (χ4n) is 9.45. The highest BCUT2D eigenvalue weighted by Crippen LogP contribution is 2.56. The number of fused-ring (bicyclic) bond motifs is 8. The minimum absolute atomic E-state index is 0.483. The van der Waals surface area contributed by atoms with E-state index in [0.717, 1.165) is 10.2 Å². The molecule has 0 amide bonds. The lowest BCUT2D eigenvalue weighted by molar-refractivity contribution is 0.767. The van der Waals surface area contributed by atoms with Crippen molar-refractivity contribution in [3.8, 4) is 39.1 Å². The highest BCUT2D eigenvalue weighted by molar-refractivity contribution is 9.10. The summed E-state index contributed by atoms with van der Waals surface area (Å²) in [6.07, 6.45) is 0. The quantitative estimate of drug-likeness (QED) is 0.164. The fraction of sp³-hybridized carbons (Fsp3) is 0.0189. The molecule has 55 heavy (non-hydrogen) atoms. The van der Waals surface area contributed by atoms with Gasteiger partial charge in [-0.1, -0.05) is 192 Å². The standard InChI is InChI=1S/C53H34BrN/c54-49-26-14-12-24-45(49)42-22-10-9-20-40(42)36-27-30-46-51(33-36)55(50-32-28-35-15-7-8-21-41(35)52(46)50)39-29-31-44-43-23-11-13-25-47(43)53(48(44)34-39,37-16-3-1-4-17-37)38-18-5-2-6-19-38/h1-34H. The van der Waals surface area contributed by atoms with Crippen LogP contribution in [-0.2, 0) is 5.41 Å². The van der Waals surface area contributed by atoms with Gasteiger partial charge in [-0.15, -0.1) is 0 Å². The number of halogens is 1. The van der Waals surface area contributed by atoms with Gasteiger partial charge in [0.1, 0.15) is 0 Å². The molecule has 0 unspecified atom stereocenters. The average molecular weight is 765 g/mol. The zero-order valence-corrected chi connectivity index (χ0v) is 31.5. The number of nitrogens with zero attached hydrogens (tertiary/aromatic N) is 1. The molecule has 0 bridgehead atoms. The molecule has 0 fully saturated rings. The Balaban J connectivity index is 1.23. The first-order valence-corrected chi connectivity index (χ1v) is 19.7. The van der Waals surface area contributed by atoms with Crippen LogP contribution in [0.15, 0.2) is 211 Å². The monoisotopic (exact) mass is 763 g/mol. The van der Waals surface area contributed by atoms with Crippen LogP contribution in [0.25, 0.3) is 71.6 Å². The van der Waals surface area contributed by atoms with Crippen LogP contribution < -0.4 is 0 Å². The van der Waals surface area contributed by atoms with Crippen LogP contribution in [0, 0.1) is 0 Å². The first kappa shape index (κ1) is 32.0. The molecule has 2 heteroatoms. The van der Waals surface area contributed by atoms with E-state index in [1.165, 1.54) is 88.2 Å². The van der Waals surface area contributed by atoms with Gasteiger partial charge in [-0.05, 0) is 96.7 Å². The molecule has 0 saturated carbocycles. The third kappa shape index (κ3) is 4.71. The summed E-state index contributed by atoms with van der Waals surface area (Å²) in [5, 5.41) is 5.03. The van der Waals surface area contributed by atoms with Crippen molar-refractivity contribution in [2.24, 2.45) is 0 Å². The van der Waals surface area contributed by atoms with Crippen LogP contribution in [-0.4, -0.2) is 4.57 Å². The molecule has 1 heterocycles. The van der Waals surface area contributed by atoms with Crippen molar-refractivity contribution in [2.75, 3.05) is 0 Å². The second-order valence-electron chi connectivity index (χ2n) is 14.5. The third-order valence-electron chi connectivity index (χ3n) is 11.8. The second kappa shape index (κ2) is 12.6. The smallest absolute Gasteiger partial charge is 0.0714 e. The van der Waals surface area contributed by atoms with E-state index in [4.69, 9.17) is 0 Å². The van der Waals surface area contributed by atoms with Crippen molar-refractivity contribution in [1.29, 1.82) is 0 Å². The maximum Gasteiger partial charge on any atom is 0.0714 e. The van der Waals surface area contributed by atoms with E-state index >= 15 is 0 Å². The fourth-order valence-corrected chi connectivity index (χ4v) is 9.95. The van der Waals surface area contributed by atoms with Crippen molar-refractivity contribution in [3.05, 3.63) is 233 Å². The Hall–Kier alpha value is -6.48. The predicted molar refractivity (Wildman–Crippen MR) is 234 cm³/mol. The molecular formula is C53H34BrN. The van der Waals surface area contributed by atoms with E-state index in [1.807, 2.05) is 0 Å². The Morgan fingerprint density at radius 3 is 1.76 bits per heavy atom. The average Bonchev–Trinajstić information content (AvgIpc) is 3.75. The van der Waals surface area contributed by atoms with Gasteiger partial charge in [0.25, 0.3) is 0 Å². The molecule has 1 nitrogen and oxygen atoms in total. The lowest BCUT2D eigenvalue weighted by Gasteiger charge is -2.34. The van der Waals surface area contributed by atoms with Crippen LogP contribution in [0.2, 0.25) is 0 Å². The molecule has 9 aromatic carbocycles. The Bertz CT molecular complexity index is 3060. The molecular weight excluding hydrogens is 730 g/mol. The minimum atomic E-state index is -0.483. The van der Waals surface area contributed by atoms with Gasteiger partial charge in [-0.3, -0.25) is 0 Å². The van der Waals surface area contributed by atoms with E-state index in [1.54, 1.807) is 0 Å². The second-order valence-corrected chi connectivity index (χ2v) is 15.4. The summed E-state index contributed by atoms with van der Waals surface area (Å²) in [4.78, 5) is 0. The predicted octanol–water partition coefficient (Wildman–Crippen LogP) is 14.4. The van der Waals surface area contributed by atoms with E-state index in [0.29, 0.717) is 0 Å². The SMILES string of the molecule is Brc1ccccc1-c1ccccc1-c1ccc2c3c4ccccc4ccc3n(-c3ccc4c(c3)C(c3ccccc3)(c3ccccc3)c3ccccc3-4)c2c1. The molecule has 1 aliphatic rings. The van der Waals surface area contributed by atoms with E-state index in [9.17, 15) is 0 Å². The zero-order chi connectivity index (χ0) is 36.5. The van der Waals surface area contributed by atoms with Gasteiger partial charge in [-0.2, -0.15) is 0 Å². The lowest BCUT2D eigenvalue weighted by Crippen LogP contribution is -2.28. The van der Waals surface area contributed by atoms with Crippen LogP contribution in [0.5, 0.6) is 0 Å². The van der Waals surface area contributed by atoms with Gasteiger partial charge in [0.2, 0.25) is 0 Å². The van der Waals surface area contributed by atoms with Crippen LogP contribution in [0.1, 0.15) is 22.3 Å². The molecule has 0 radical (unpaired) electrons. The van der Waals surface area contributed by atoms with Gasteiger partial charge in [0.05, 0.1) is 16.4 Å². The van der Waals surface area contributed by atoms with Gasteiger partial charge < -0.3 is 4.57 Å². The summed E-state index contributed by atoms with van der Waals surface area (Å²) < 4.78 is 3.59. The van der Waals surface area contributed by atoms with Crippen molar-refractivity contribution < 1.29 is 0 Å². The Morgan fingerprint density at radius 1 is 0.382 bits per heavy atom. The van der Waals surface area contributed by atoms with Crippen molar-refractivity contribution >= 4 is 48.5 Å². The highest BCUT2D eigenvalue weighted by atomic mass is 79.9. The number of hydrogen-bond donors (Lipinski definition) is 0. The first-order valence-electron chi connectivity index (χ1n) is 18.9. The summed E-state index contributed by atoms with van der Waals surface area (Å²) >= 11 is 3.84. The van der Waals surface area contributed by atoms with Crippen molar-refractivity contribution in [2.45, 2.75) is 5.41 Å². The van der Waals surface area contributed by atoms with Crippen molar-refractivity contribution in [3.63, 3.8) is 0 Å². The zero-order valence-electron chi connectivity index (χ0n) is 30.0. The minimum Gasteiger partial charge on any atom is -0.309 e. The summed E-state index contributed by atoms with van der Waals surface area (Å²) in [5.74, 6) is 0. The first-order chi connectivity index (χ1) is 27.2. The molecule has 11 rings (SSSR count). The van der Waals surface area contributed by atoms with Crippen LogP contribution >= 0.6 is 15.9 Å². The maximum atomic E-state index is 3.84. The molecule has 0 aliphatic heterocycles. The lowest BCUT2D eigenvalue weighted by atomic mass is 9.67. The van der Waals surface area contributed by atoms with E-state index in [2.05, 4.69) is 227 Å². The molecule has 1 aromatic heterocycles. The molecule has 0 N–H and O–H groups in total. The van der Waals surface area contributed by atoms with Gasteiger partial charge in [0, 0.05) is 20.9 Å². The van der Waals surface area contributed by atoms with Gasteiger partial charge in [-0.25, -0.2) is 0 Å². The van der Waals surface area contributed by atoms with Crippen LogP contribution in [0.4, 0.5) is 0 Å². The molecule has 0 atom stereocenters. The number of aromatic nitrogens is 1. The topological polar surface area (TPSA) is 4.93 Å². The molecule has 1 aliphatic carbocycles. The Labute approximate surface area is 328 Å². The number of benzene rings is 9. The summed E-state index contributed by atoms with van der Waals surface area (Å²) in [5.41, 5.74) is 15.5. The molecule has 0 saturated heterocycles. The van der Waals surface area contributed by atoms with E-state index < -0.39 is 5.41 Å². The Morgan fingerprint density at radius 2 is 1.00 bits per heavy atom. The van der Waals surface area contributed by atoms with Crippen molar-refractivity contribution in [1.82, 2.24) is 4.57 Å². The van der Waals surface area contributed by atoms with Gasteiger partial charge in [0.15, 0.2) is 0 Å². The summed E-state index contributed by atoms with van der Waals surface area (Å²) in [6, 6.07) is 76.0. The van der Waals surface area contributed by atoms with E-state index in [-0.39, 0.29) is 0 Å². The number of hydrogen-bond acceptors (Lipinski definition) is 0. The van der Waals surface area contributed by atoms with Gasteiger partial charge >= 0.3 is 0 Å².